The zero-order valence-corrected chi connectivity index (χ0v) is 14.3. The molecule has 1 aliphatic rings. The Kier molecular flexibility index (Phi) is 7.13. The number of unbranched alkanes of at least 4 members (excludes halogenated alkanes) is 1. The molecule has 1 unspecified atom stereocenters. The van der Waals surface area contributed by atoms with Gasteiger partial charge in [-0.3, -0.25) is 0 Å². The number of piperazine rings is 1. The van der Waals surface area contributed by atoms with Crippen LogP contribution >= 0.6 is 0 Å². The Morgan fingerprint density at radius 2 is 1.95 bits per heavy atom. The molecule has 0 spiro atoms. The lowest BCUT2D eigenvalue weighted by molar-refractivity contribution is -0.667. The number of quaternary nitrogens is 1. The molecule has 1 atom stereocenters. The fourth-order valence-corrected chi connectivity index (χ4v) is 4.37. The first-order valence-electron chi connectivity index (χ1n) is 7.46. The summed E-state index contributed by atoms with van der Waals surface area (Å²) in [5.41, 5.74) is 1.08. The van der Waals surface area contributed by atoms with Gasteiger partial charge in [-0.15, -0.1) is 0 Å². The van der Waals surface area contributed by atoms with Crippen LogP contribution in [0.1, 0.15) is 31.7 Å². The van der Waals surface area contributed by atoms with Crippen LogP contribution in [0.25, 0.3) is 0 Å². The molecule has 0 aromatic heterocycles. The molecular formula is C15H25ClN2O2S. The summed E-state index contributed by atoms with van der Waals surface area (Å²) in [6, 6.07) is 7.31. The first kappa shape index (κ1) is 18.4. The number of nitrogens with zero attached hydrogens (tertiary/aromatic N) is 1. The average Bonchev–Trinajstić information content (AvgIpc) is 2.46. The highest BCUT2D eigenvalue weighted by atomic mass is 35.5. The van der Waals surface area contributed by atoms with Gasteiger partial charge in [-0.05, 0) is 25.5 Å². The van der Waals surface area contributed by atoms with Crippen molar-refractivity contribution in [3.05, 3.63) is 29.8 Å². The average molecular weight is 333 g/mol. The van der Waals surface area contributed by atoms with E-state index in [1.807, 2.05) is 19.1 Å². The molecule has 0 saturated carbocycles. The lowest BCUT2D eigenvalue weighted by Crippen LogP contribution is -3.00. The summed E-state index contributed by atoms with van der Waals surface area (Å²) in [5.74, 6) is 0. The summed E-state index contributed by atoms with van der Waals surface area (Å²) >= 11 is 0. The molecule has 0 aliphatic carbocycles. The molecule has 1 heterocycles. The minimum absolute atomic E-state index is 0. The Labute approximate surface area is 134 Å². The summed E-state index contributed by atoms with van der Waals surface area (Å²) in [5, 5.41) is 2.22. The molecule has 120 valence electrons. The number of hydrogen-bond acceptors (Lipinski definition) is 2. The maximum Gasteiger partial charge on any atom is 0.243 e. The molecule has 6 heteroatoms. The number of rotatable bonds is 5. The number of nitrogens with two attached hydrogens (primary N) is 1. The fourth-order valence-electron chi connectivity index (χ4n) is 2.69. The Bertz CT molecular complexity index is 531. The molecule has 1 fully saturated rings. The number of sulfonamides is 1. The SMILES string of the molecule is CCCCC1C[NH2+]CCN1S(=O)(=O)c1ccc(C)cc1.[Cl-]. The van der Waals surface area contributed by atoms with Gasteiger partial charge in [0.05, 0.1) is 30.6 Å². The van der Waals surface area contributed by atoms with E-state index in [4.69, 9.17) is 0 Å². The minimum atomic E-state index is -3.35. The van der Waals surface area contributed by atoms with E-state index in [0.717, 1.165) is 37.9 Å². The summed E-state index contributed by atoms with van der Waals surface area (Å²) in [6.07, 6.45) is 3.14. The van der Waals surface area contributed by atoms with Gasteiger partial charge in [-0.2, -0.15) is 4.31 Å². The second kappa shape index (κ2) is 8.13. The smallest absolute Gasteiger partial charge is 0.243 e. The zero-order valence-electron chi connectivity index (χ0n) is 12.8. The van der Waals surface area contributed by atoms with Crippen LogP contribution in [0.2, 0.25) is 0 Å². The molecule has 1 aromatic carbocycles. The summed E-state index contributed by atoms with van der Waals surface area (Å²) in [6.45, 7) is 6.46. The van der Waals surface area contributed by atoms with Crippen molar-refractivity contribution >= 4 is 10.0 Å². The monoisotopic (exact) mass is 332 g/mol. The largest absolute Gasteiger partial charge is 1.00 e. The Balaban J connectivity index is 0.00000220. The van der Waals surface area contributed by atoms with Crippen LogP contribution in [-0.4, -0.2) is 38.4 Å². The molecule has 1 saturated heterocycles. The fraction of sp³-hybridized carbons (Fsp3) is 0.600. The first-order chi connectivity index (χ1) is 9.55. The van der Waals surface area contributed by atoms with Crippen LogP contribution < -0.4 is 17.7 Å². The molecular weight excluding hydrogens is 308 g/mol. The van der Waals surface area contributed by atoms with Crippen molar-refractivity contribution < 1.29 is 26.1 Å². The van der Waals surface area contributed by atoms with E-state index in [1.165, 1.54) is 0 Å². The lowest BCUT2D eigenvalue weighted by Gasteiger charge is -2.33. The van der Waals surface area contributed by atoms with Crippen molar-refractivity contribution in [2.75, 3.05) is 19.6 Å². The molecule has 0 bridgehead atoms. The molecule has 2 rings (SSSR count). The highest BCUT2D eigenvalue weighted by Crippen LogP contribution is 2.21. The Hall–Kier alpha value is -0.620. The van der Waals surface area contributed by atoms with E-state index in [-0.39, 0.29) is 18.4 Å². The highest BCUT2D eigenvalue weighted by Gasteiger charge is 2.34. The lowest BCUT2D eigenvalue weighted by atomic mass is 10.1. The van der Waals surface area contributed by atoms with E-state index in [9.17, 15) is 8.42 Å². The van der Waals surface area contributed by atoms with Gasteiger partial charge in [0.1, 0.15) is 0 Å². The standard InChI is InChI=1S/C15H24N2O2S.ClH/c1-3-4-5-14-12-16-10-11-17(14)20(18,19)15-8-6-13(2)7-9-15;/h6-9,14,16H,3-5,10-12H2,1-2H3;1H. The summed E-state index contributed by atoms with van der Waals surface area (Å²) < 4.78 is 27.3. The van der Waals surface area contributed by atoms with Gasteiger partial charge in [0.25, 0.3) is 0 Å². The van der Waals surface area contributed by atoms with E-state index in [0.29, 0.717) is 11.4 Å². The highest BCUT2D eigenvalue weighted by molar-refractivity contribution is 7.89. The molecule has 2 N–H and O–H groups in total. The van der Waals surface area contributed by atoms with Gasteiger partial charge < -0.3 is 17.7 Å². The van der Waals surface area contributed by atoms with Crippen molar-refractivity contribution in [3.63, 3.8) is 0 Å². The van der Waals surface area contributed by atoms with E-state index in [1.54, 1.807) is 16.4 Å². The predicted molar refractivity (Wildman–Crippen MR) is 80.0 cm³/mol. The van der Waals surface area contributed by atoms with Crippen LogP contribution in [-0.2, 0) is 10.0 Å². The quantitative estimate of drug-likeness (QED) is 0.686. The second-order valence-corrected chi connectivity index (χ2v) is 7.43. The zero-order chi connectivity index (χ0) is 14.6. The molecule has 0 radical (unpaired) electrons. The van der Waals surface area contributed by atoms with Gasteiger partial charge in [-0.1, -0.05) is 37.5 Å². The minimum Gasteiger partial charge on any atom is -1.00 e. The third-order valence-electron chi connectivity index (χ3n) is 3.92. The molecule has 21 heavy (non-hydrogen) atoms. The normalized spacial score (nSPS) is 20.0. The van der Waals surface area contributed by atoms with E-state index >= 15 is 0 Å². The summed E-state index contributed by atoms with van der Waals surface area (Å²) in [7, 11) is -3.35. The third kappa shape index (κ3) is 4.42. The number of hydrogen-bond donors (Lipinski definition) is 1. The van der Waals surface area contributed by atoms with Crippen molar-refractivity contribution in [1.82, 2.24) is 4.31 Å². The van der Waals surface area contributed by atoms with Crippen LogP contribution in [0.5, 0.6) is 0 Å². The molecule has 1 aromatic rings. The molecule has 4 nitrogen and oxygen atoms in total. The van der Waals surface area contributed by atoms with Crippen molar-refractivity contribution in [3.8, 4) is 0 Å². The third-order valence-corrected chi connectivity index (χ3v) is 5.88. The number of aryl methyl sites for hydroxylation is 1. The van der Waals surface area contributed by atoms with E-state index < -0.39 is 10.0 Å². The Morgan fingerprint density at radius 3 is 2.57 bits per heavy atom. The van der Waals surface area contributed by atoms with Crippen LogP contribution in [0.15, 0.2) is 29.2 Å². The predicted octanol–water partition coefficient (Wildman–Crippen LogP) is -1.87. The molecule has 0 amide bonds. The maximum atomic E-state index is 12.8. The molecule has 1 aliphatic heterocycles. The topological polar surface area (TPSA) is 54.0 Å². The van der Waals surface area contributed by atoms with Gasteiger partial charge in [-0.25, -0.2) is 8.42 Å². The van der Waals surface area contributed by atoms with Gasteiger partial charge in [0.15, 0.2) is 0 Å². The Morgan fingerprint density at radius 1 is 1.29 bits per heavy atom. The van der Waals surface area contributed by atoms with Gasteiger partial charge in [0, 0.05) is 0 Å². The maximum absolute atomic E-state index is 12.8. The van der Waals surface area contributed by atoms with Gasteiger partial charge in [0.2, 0.25) is 10.0 Å². The van der Waals surface area contributed by atoms with Crippen LogP contribution in [0, 0.1) is 6.92 Å². The number of benzene rings is 1. The van der Waals surface area contributed by atoms with E-state index in [2.05, 4.69) is 12.2 Å². The van der Waals surface area contributed by atoms with Crippen LogP contribution in [0.3, 0.4) is 0 Å². The first-order valence-corrected chi connectivity index (χ1v) is 8.90. The van der Waals surface area contributed by atoms with Crippen LogP contribution in [0.4, 0.5) is 0 Å². The van der Waals surface area contributed by atoms with Crippen molar-refractivity contribution in [1.29, 1.82) is 0 Å². The second-order valence-electron chi connectivity index (χ2n) is 5.54. The van der Waals surface area contributed by atoms with Gasteiger partial charge >= 0.3 is 0 Å². The summed E-state index contributed by atoms with van der Waals surface area (Å²) in [4.78, 5) is 0.423. The van der Waals surface area contributed by atoms with Crippen molar-refractivity contribution in [2.45, 2.75) is 44.0 Å². The van der Waals surface area contributed by atoms with Crippen molar-refractivity contribution in [2.24, 2.45) is 0 Å². The number of halogens is 1.